The number of allylic oxidation sites excluding steroid dienone is 1. The Kier molecular flexibility index (Phi) is 6.90. The van der Waals surface area contributed by atoms with Crippen LogP contribution in [0.2, 0.25) is 0 Å². The van der Waals surface area contributed by atoms with Gasteiger partial charge in [-0.15, -0.1) is 11.3 Å². The maximum atomic E-state index is 13.3. The van der Waals surface area contributed by atoms with Crippen LogP contribution in [0.15, 0.2) is 41.8 Å². The van der Waals surface area contributed by atoms with Gasteiger partial charge >= 0.3 is 12.0 Å². The molecule has 7 nitrogen and oxygen atoms in total. The maximum Gasteiger partial charge on any atom is 0.339 e. The van der Waals surface area contributed by atoms with Crippen LogP contribution in [0.1, 0.15) is 65.0 Å². The number of hydrogen-bond donors (Lipinski definition) is 2. The second-order valence-electron chi connectivity index (χ2n) is 8.95. The summed E-state index contributed by atoms with van der Waals surface area (Å²) in [5.41, 5.74) is 3.91. The van der Waals surface area contributed by atoms with E-state index < -0.39 is 24.5 Å². The van der Waals surface area contributed by atoms with Gasteiger partial charge in [0.05, 0.1) is 16.8 Å². The lowest BCUT2D eigenvalue weighted by Gasteiger charge is -2.22. The lowest BCUT2D eigenvalue weighted by molar-refractivity contribution is -0.123. The van der Waals surface area contributed by atoms with Crippen molar-refractivity contribution < 1.29 is 19.1 Å². The Bertz CT molecular complexity index is 1290. The number of benzene rings is 1. The number of pyridine rings is 1. The highest BCUT2D eigenvalue weighted by atomic mass is 32.1. The average molecular weight is 490 g/mol. The first-order valence-electron chi connectivity index (χ1n) is 12.0. The predicted octanol–water partition coefficient (Wildman–Crippen LogP) is 5.10. The Labute approximate surface area is 207 Å². The zero-order chi connectivity index (χ0) is 24.2. The number of nitrogens with zero attached hydrogens (tertiary/aromatic N) is 1. The first-order valence-corrected chi connectivity index (χ1v) is 12.9. The fourth-order valence-corrected chi connectivity index (χ4v) is 5.59. The van der Waals surface area contributed by atoms with Crippen molar-refractivity contribution in [1.82, 2.24) is 15.6 Å². The van der Waals surface area contributed by atoms with Crippen LogP contribution in [0.3, 0.4) is 0 Å². The molecule has 1 aromatic carbocycles. The first kappa shape index (κ1) is 23.2. The molecule has 0 saturated heterocycles. The van der Waals surface area contributed by atoms with E-state index in [1.165, 1.54) is 0 Å². The van der Waals surface area contributed by atoms with Gasteiger partial charge in [0.25, 0.3) is 5.91 Å². The molecule has 0 unspecified atom stereocenters. The standard InChI is InChI=1S/C27H27N3O4S/c31-23(30-27(33)28-18-8-1-2-9-18)16-34-26(32)24-20-11-3-4-13-22(20)29-25-17(7-5-12-21(24)25)15-19-10-6-14-35-19/h3-4,6,10-11,13-15,18H,1-2,5,7-9,12,16H2,(H2,28,30,31,33). The molecule has 2 aliphatic carbocycles. The number of rotatable bonds is 5. The van der Waals surface area contributed by atoms with E-state index in [9.17, 15) is 14.4 Å². The number of ether oxygens (including phenoxy) is 1. The third-order valence-electron chi connectivity index (χ3n) is 6.51. The largest absolute Gasteiger partial charge is 0.452 e. The smallest absolute Gasteiger partial charge is 0.339 e. The molecule has 2 N–H and O–H groups in total. The Morgan fingerprint density at radius 3 is 2.69 bits per heavy atom. The molecule has 5 rings (SSSR count). The molecule has 0 atom stereocenters. The fraction of sp³-hybridized carbons (Fsp3) is 0.333. The molecule has 0 radical (unpaired) electrons. The normalized spacial score (nSPS) is 16.7. The minimum Gasteiger partial charge on any atom is -0.452 e. The Hall–Kier alpha value is -3.52. The summed E-state index contributed by atoms with van der Waals surface area (Å²) in [5, 5.41) is 7.79. The van der Waals surface area contributed by atoms with Crippen molar-refractivity contribution in [3.05, 3.63) is 63.5 Å². The van der Waals surface area contributed by atoms with Gasteiger partial charge in [-0.2, -0.15) is 0 Å². The molecule has 1 fully saturated rings. The maximum absolute atomic E-state index is 13.3. The van der Waals surface area contributed by atoms with Gasteiger partial charge in [0.1, 0.15) is 0 Å². The molecule has 2 aliphatic rings. The highest BCUT2D eigenvalue weighted by molar-refractivity contribution is 7.10. The molecule has 8 heteroatoms. The summed E-state index contributed by atoms with van der Waals surface area (Å²) < 4.78 is 5.40. The number of fused-ring (bicyclic) bond motifs is 2. The Balaban J connectivity index is 1.37. The Morgan fingerprint density at radius 2 is 1.89 bits per heavy atom. The number of hydrogen-bond acceptors (Lipinski definition) is 6. The lowest BCUT2D eigenvalue weighted by Crippen LogP contribution is -2.45. The summed E-state index contributed by atoms with van der Waals surface area (Å²) >= 11 is 1.66. The minimum absolute atomic E-state index is 0.0940. The number of aromatic nitrogens is 1. The van der Waals surface area contributed by atoms with Gasteiger partial charge in [-0.1, -0.05) is 37.1 Å². The number of carbonyl (C=O) groups is 3. The summed E-state index contributed by atoms with van der Waals surface area (Å²) in [6.07, 6.45) is 8.59. The van der Waals surface area contributed by atoms with Crippen LogP contribution in [0.25, 0.3) is 22.6 Å². The highest BCUT2D eigenvalue weighted by Crippen LogP contribution is 2.36. The van der Waals surface area contributed by atoms with Crippen LogP contribution in [0, 0.1) is 0 Å². The summed E-state index contributed by atoms with van der Waals surface area (Å²) in [4.78, 5) is 43.6. The summed E-state index contributed by atoms with van der Waals surface area (Å²) in [6, 6.07) is 11.1. The van der Waals surface area contributed by atoms with Crippen LogP contribution < -0.4 is 10.6 Å². The van der Waals surface area contributed by atoms with Crippen molar-refractivity contribution >= 4 is 51.8 Å². The summed E-state index contributed by atoms with van der Waals surface area (Å²) in [7, 11) is 0. The van der Waals surface area contributed by atoms with E-state index in [-0.39, 0.29) is 6.04 Å². The van der Waals surface area contributed by atoms with Crippen molar-refractivity contribution in [2.75, 3.05) is 6.61 Å². The predicted molar refractivity (Wildman–Crippen MR) is 136 cm³/mol. The van der Waals surface area contributed by atoms with Crippen LogP contribution in [0.4, 0.5) is 4.79 Å². The molecule has 1 saturated carbocycles. The lowest BCUT2D eigenvalue weighted by atomic mass is 9.86. The van der Waals surface area contributed by atoms with E-state index in [2.05, 4.69) is 22.8 Å². The van der Waals surface area contributed by atoms with E-state index in [0.717, 1.165) is 60.2 Å². The quantitative estimate of drug-likeness (QED) is 0.486. The topological polar surface area (TPSA) is 97.4 Å². The number of para-hydroxylation sites is 1. The highest BCUT2D eigenvalue weighted by Gasteiger charge is 2.27. The Morgan fingerprint density at radius 1 is 1.06 bits per heavy atom. The van der Waals surface area contributed by atoms with Crippen molar-refractivity contribution in [2.24, 2.45) is 0 Å². The average Bonchev–Trinajstić information content (AvgIpc) is 3.56. The summed E-state index contributed by atoms with van der Waals surface area (Å²) in [6.45, 7) is -0.528. The van der Waals surface area contributed by atoms with Gasteiger partial charge in [-0.25, -0.2) is 14.6 Å². The van der Waals surface area contributed by atoms with Crippen molar-refractivity contribution in [1.29, 1.82) is 0 Å². The van der Waals surface area contributed by atoms with Gasteiger partial charge in [-0.3, -0.25) is 10.1 Å². The molecule has 3 aromatic rings. The van der Waals surface area contributed by atoms with E-state index in [1.54, 1.807) is 11.3 Å². The van der Waals surface area contributed by atoms with Gasteiger partial charge in [0.2, 0.25) is 0 Å². The molecule has 2 aromatic heterocycles. The van der Waals surface area contributed by atoms with Crippen LogP contribution in [-0.2, 0) is 16.0 Å². The number of amides is 3. The molecule has 0 aliphatic heterocycles. The van der Waals surface area contributed by atoms with Gasteiger partial charge in [0.15, 0.2) is 6.61 Å². The molecule has 180 valence electrons. The number of thiophene rings is 1. The number of carbonyl (C=O) groups excluding carboxylic acids is 3. The molecule has 0 bridgehead atoms. The zero-order valence-corrected chi connectivity index (χ0v) is 20.2. The van der Waals surface area contributed by atoms with Gasteiger partial charge in [0, 0.05) is 16.3 Å². The second-order valence-corrected chi connectivity index (χ2v) is 9.93. The minimum atomic E-state index is -0.653. The third-order valence-corrected chi connectivity index (χ3v) is 7.33. The van der Waals surface area contributed by atoms with Crippen molar-refractivity contribution in [3.8, 4) is 0 Å². The molecular weight excluding hydrogens is 462 g/mol. The number of esters is 1. The van der Waals surface area contributed by atoms with Crippen molar-refractivity contribution in [2.45, 2.75) is 51.0 Å². The van der Waals surface area contributed by atoms with E-state index in [0.29, 0.717) is 22.9 Å². The van der Waals surface area contributed by atoms with Crippen LogP contribution in [-0.4, -0.2) is 35.5 Å². The molecule has 35 heavy (non-hydrogen) atoms. The molecular formula is C27H27N3O4S. The van der Waals surface area contributed by atoms with E-state index in [1.807, 2.05) is 35.7 Å². The fourth-order valence-electron chi connectivity index (χ4n) is 4.91. The van der Waals surface area contributed by atoms with E-state index in [4.69, 9.17) is 9.72 Å². The van der Waals surface area contributed by atoms with Gasteiger partial charge in [-0.05, 0) is 66.8 Å². The molecule has 0 spiro atoms. The molecule has 3 amide bonds. The monoisotopic (exact) mass is 489 g/mol. The molecule has 2 heterocycles. The second kappa shape index (κ2) is 10.4. The van der Waals surface area contributed by atoms with Gasteiger partial charge < -0.3 is 10.1 Å². The number of urea groups is 1. The van der Waals surface area contributed by atoms with Crippen LogP contribution >= 0.6 is 11.3 Å². The number of imide groups is 1. The number of nitrogens with one attached hydrogen (secondary N) is 2. The van der Waals surface area contributed by atoms with Crippen molar-refractivity contribution in [3.63, 3.8) is 0 Å². The zero-order valence-electron chi connectivity index (χ0n) is 19.3. The van der Waals surface area contributed by atoms with Crippen LogP contribution in [0.5, 0.6) is 0 Å². The summed E-state index contributed by atoms with van der Waals surface area (Å²) in [5.74, 6) is -1.23. The first-order chi connectivity index (χ1) is 17.1. The SMILES string of the molecule is O=C(COC(=O)c1c2c(nc3ccccc13)C(=Cc1cccs1)CCC2)NC(=O)NC1CCCC1. The third kappa shape index (κ3) is 5.27. The van der Waals surface area contributed by atoms with E-state index >= 15 is 0 Å².